The van der Waals surface area contributed by atoms with Gasteiger partial charge < -0.3 is 25.7 Å². The molecule has 0 fully saturated rings. The normalized spacial score (nSPS) is 16.0. The molecule has 0 aromatic heterocycles. The summed E-state index contributed by atoms with van der Waals surface area (Å²) in [5.41, 5.74) is 0.460. The molecule has 6 heteroatoms. The van der Waals surface area contributed by atoms with E-state index in [2.05, 4.69) is 5.32 Å². The zero-order valence-electron chi connectivity index (χ0n) is 9.02. The molecular formula is C11H15NO5. The molecule has 1 aromatic carbocycles. The fourth-order valence-corrected chi connectivity index (χ4v) is 1.21. The Hall–Kier alpha value is -1.47. The predicted molar refractivity (Wildman–Crippen MR) is 60.2 cm³/mol. The minimum Gasteiger partial charge on any atom is -0.394 e. The molecule has 5 N–H and O–H groups in total. The van der Waals surface area contributed by atoms with Crippen molar-refractivity contribution in [3.63, 3.8) is 0 Å². The van der Waals surface area contributed by atoms with Crippen LogP contribution < -0.4 is 5.32 Å². The van der Waals surface area contributed by atoms with Crippen LogP contribution in [0, 0.1) is 0 Å². The summed E-state index contributed by atoms with van der Waals surface area (Å²) in [7, 11) is 0. The summed E-state index contributed by atoms with van der Waals surface area (Å²) in [6, 6.07) is 8.37. The maximum absolute atomic E-state index is 11.5. The van der Waals surface area contributed by atoms with Gasteiger partial charge in [-0.3, -0.25) is 4.79 Å². The Balaban J connectivity index is 2.59. The molecule has 0 heterocycles. The number of carbonyl (C=O) groups is 1. The van der Waals surface area contributed by atoms with Crippen molar-refractivity contribution < 1.29 is 25.2 Å². The molecule has 6 nitrogen and oxygen atoms in total. The van der Waals surface area contributed by atoms with Crippen molar-refractivity contribution in [1.82, 2.24) is 0 Å². The van der Waals surface area contributed by atoms with Gasteiger partial charge in [0.15, 0.2) is 6.10 Å². The summed E-state index contributed by atoms with van der Waals surface area (Å²) in [4.78, 5) is 11.5. The number of anilines is 1. The third-order valence-corrected chi connectivity index (χ3v) is 2.21. The molecule has 3 unspecified atom stereocenters. The van der Waals surface area contributed by atoms with Gasteiger partial charge in [0.05, 0.1) is 6.61 Å². The first-order chi connectivity index (χ1) is 8.06. The fourth-order valence-electron chi connectivity index (χ4n) is 1.21. The Bertz CT molecular complexity index is 356. The third kappa shape index (κ3) is 3.79. The zero-order valence-corrected chi connectivity index (χ0v) is 9.02. The molecule has 3 atom stereocenters. The molecule has 0 saturated heterocycles. The van der Waals surface area contributed by atoms with Gasteiger partial charge in [-0.15, -0.1) is 0 Å². The highest BCUT2D eigenvalue weighted by Gasteiger charge is 2.29. The van der Waals surface area contributed by atoms with Crippen molar-refractivity contribution >= 4 is 11.6 Å². The smallest absolute Gasteiger partial charge is 0.256 e. The first kappa shape index (κ1) is 13.6. The minimum atomic E-state index is -1.81. The van der Waals surface area contributed by atoms with Crippen LogP contribution in [0.25, 0.3) is 0 Å². The number of benzene rings is 1. The van der Waals surface area contributed by atoms with E-state index in [-0.39, 0.29) is 0 Å². The van der Waals surface area contributed by atoms with E-state index in [1.165, 1.54) is 0 Å². The Morgan fingerprint density at radius 2 is 1.76 bits per heavy atom. The molecule has 17 heavy (non-hydrogen) atoms. The second-order valence-corrected chi connectivity index (χ2v) is 3.54. The van der Waals surface area contributed by atoms with Crippen LogP contribution in [0.5, 0.6) is 0 Å². The summed E-state index contributed by atoms with van der Waals surface area (Å²) in [6.45, 7) is -0.739. The third-order valence-electron chi connectivity index (χ3n) is 2.21. The number of hydrogen-bond acceptors (Lipinski definition) is 5. The van der Waals surface area contributed by atoms with Crippen LogP contribution in [-0.4, -0.2) is 51.3 Å². The Morgan fingerprint density at radius 3 is 2.29 bits per heavy atom. The number of carbonyl (C=O) groups excluding carboxylic acids is 1. The summed E-state index contributed by atoms with van der Waals surface area (Å²) in [6.07, 6.45) is -5.10. The van der Waals surface area contributed by atoms with Gasteiger partial charge in [0.25, 0.3) is 5.91 Å². The number of para-hydroxylation sites is 1. The second kappa shape index (κ2) is 6.31. The average Bonchev–Trinajstić information content (AvgIpc) is 2.37. The Labute approximate surface area is 98.1 Å². The van der Waals surface area contributed by atoms with Crippen molar-refractivity contribution in [2.45, 2.75) is 18.3 Å². The zero-order chi connectivity index (χ0) is 12.8. The maximum Gasteiger partial charge on any atom is 0.256 e. The van der Waals surface area contributed by atoms with E-state index >= 15 is 0 Å². The maximum atomic E-state index is 11.5. The summed E-state index contributed by atoms with van der Waals surface area (Å²) < 4.78 is 0. The van der Waals surface area contributed by atoms with Crippen molar-refractivity contribution in [2.75, 3.05) is 11.9 Å². The lowest BCUT2D eigenvalue weighted by Crippen LogP contribution is -2.46. The van der Waals surface area contributed by atoms with Crippen molar-refractivity contribution in [3.05, 3.63) is 30.3 Å². The van der Waals surface area contributed by atoms with E-state index < -0.39 is 30.8 Å². The highest BCUT2D eigenvalue weighted by molar-refractivity contribution is 5.94. The number of amides is 1. The molecule has 0 spiro atoms. The lowest BCUT2D eigenvalue weighted by Gasteiger charge is -2.20. The van der Waals surface area contributed by atoms with Gasteiger partial charge in [0, 0.05) is 5.69 Å². The van der Waals surface area contributed by atoms with E-state index in [4.69, 9.17) is 10.2 Å². The number of hydrogen-bond donors (Lipinski definition) is 5. The van der Waals surface area contributed by atoms with E-state index in [1.54, 1.807) is 30.3 Å². The molecule has 1 rings (SSSR count). The van der Waals surface area contributed by atoms with Gasteiger partial charge >= 0.3 is 0 Å². The van der Waals surface area contributed by atoms with E-state index in [9.17, 15) is 15.0 Å². The largest absolute Gasteiger partial charge is 0.394 e. The van der Waals surface area contributed by atoms with Crippen LogP contribution in [0.1, 0.15) is 0 Å². The van der Waals surface area contributed by atoms with Gasteiger partial charge in [-0.25, -0.2) is 0 Å². The first-order valence-electron chi connectivity index (χ1n) is 5.07. The fraction of sp³-hybridized carbons (Fsp3) is 0.364. The van der Waals surface area contributed by atoms with Gasteiger partial charge in [-0.2, -0.15) is 0 Å². The number of aliphatic hydroxyl groups excluding tert-OH is 4. The minimum absolute atomic E-state index is 0.460. The van der Waals surface area contributed by atoms with Crippen molar-refractivity contribution in [2.24, 2.45) is 0 Å². The van der Waals surface area contributed by atoms with Crippen LogP contribution in [0.2, 0.25) is 0 Å². The van der Waals surface area contributed by atoms with Crippen LogP contribution in [0.4, 0.5) is 5.69 Å². The Morgan fingerprint density at radius 1 is 1.18 bits per heavy atom. The number of aliphatic hydroxyl groups is 4. The lowest BCUT2D eigenvalue weighted by molar-refractivity contribution is -0.137. The van der Waals surface area contributed by atoms with E-state index in [1.807, 2.05) is 0 Å². The SMILES string of the molecule is O=C(Nc1ccccc1)C(O)C(O)C(O)CO. The molecule has 0 aliphatic heterocycles. The average molecular weight is 241 g/mol. The number of nitrogens with one attached hydrogen (secondary N) is 1. The molecule has 0 aliphatic carbocycles. The highest BCUT2D eigenvalue weighted by atomic mass is 16.4. The van der Waals surface area contributed by atoms with Crippen molar-refractivity contribution in [1.29, 1.82) is 0 Å². The molecule has 1 amide bonds. The molecule has 0 saturated carbocycles. The van der Waals surface area contributed by atoms with Gasteiger partial charge in [-0.05, 0) is 12.1 Å². The molecule has 94 valence electrons. The predicted octanol–water partition coefficient (Wildman–Crippen LogP) is -1.30. The standard InChI is InChI=1S/C11H15NO5/c13-6-8(14)9(15)10(16)11(17)12-7-4-2-1-3-5-7/h1-5,8-10,13-16H,6H2,(H,12,17). The van der Waals surface area contributed by atoms with E-state index in [0.717, 1.165) is 0 Å². The number of rotatable bonds is 5. The molecule has 1 aromatic rings. The van der Waals surface area contributed by atoms with E-state index in [0.29, 0.717) is 5.69 Å². The summed E-state index contributed by atoms with van der Waals surface area (Å²) >= 11 is 0. The molecule has 0 bridgehead atoms. The topological polar surface area (TPSA) is 110 Å². The molecule has 0 radical (unpaired) electrons. The van der Waals surface area contributed by atoms with Crippen LogP contribution in [0.3, 0.4) is 0 Å². The van der Waals surface area contributed by atoms with Gasteiger partial charge in [0.1, 0.15) is 12.2 Å². The van der Waals surface area contributed by atoms with Crippen LogP contribution in [-0.2, 0) is 4.79 Å². The molecular weight excluding hydrogens is 226 g/mol. The first-order valence-corrected chi connectivity index (χ1v) is 5.07. The summed E-state index contributed by atoms with van der Waals surface area (Å²) in [5.74, 6) is -0.851. The summed E-state index contributed by atoms with van der Waals surface area (Å²) in [5, 5.41) is 38.7. The van der Waals surface area contributed by atoms with Crippen molar-refractivity contribution in [3.8, 4) is 0 Å². The monoisotopic (exact) mass is 241 g/mol. The highest BCUT2D eigenvalue weighted by Crippen LogP contribution is 2.08. The Kier molecular flexibility index (Phi) is 5.05. The van der Waals surface area contributed by atoms with Gasteiger partial charge in [0.2, 0.25) is 0 Å². The van der Waals surface area contributed by atoms with Crippen LogP contribution in [0.15, 0.2) is 30.3 Å². The second-order valence-electron chi connectivity index (χ2n) is 3.54. The van der Waals surface area contributed by atoms with Crippen LogP contribution >= 0.6 is 0 Å². The molecule has 0 aliphatic rings. The lowest BCUT2D eigenvalue weighted by atomic mass is 10.1. The van der Waals surface area contributed by atoms with Gasteiger partial charge in [-0.1, -0.05) is 18.2 Å². The quantitative estimate of drug-likeness (QED) is 0.440.